The summed E-state index contributed by atoms with van der Waals surface area (Å²) >= 11 is 0. The summed E-state index contributed by atoms with van der Waals surface area (Å²) in [4.78, 5) is 22.5. The summed E-state index contributed by atoms with van der Waals surface area (Å²) in [5, 5.41) is 13.7. The molecule has 0 heterocycles. The fraction of sp³-hybridized carbons (Fsp3) is 0.350. The van der Waals surface area contributed by atoms with Crippen LogP contribution < -0.4 is 14.4 Å². The third-order valence-electron chi connectivity index (χ3n) is 4.19. The number of carbonyl (C=O) groups is 1. The number of non-ortho nitro benzene ring substituents is 1. The Labute approximate surface area is 175 Å². The van der Waals surface area contributed by atoms with E-state index >= 15 is 0 Å². The van der Waals surface area contributed by atoms with E-state index in [0.29, 0.717) is 13.2 Å². The molecule has 0 saturated heterocycles. The number of carbonyl (C=O) groups excluding carboxylic acids is 1. The van der Waals surface area contributed by atoms with Crippen LogP contribution in [0.15, 0.2) is 48.5 Å². The Hall–Kier alpha value is -3.14. The zero-order chi connectivity index (χ0) is 22.1. The van der Waals surface area contributed by atoms with E-state index in [1.165, 1.54) is 24.3 Å². The van der Waals surface area contributed by atoms with Crippen molar-refractivity contribution in [1.29, 1.82) is 0 Å². The maximum Gasteiger partial charge on any atom is 0.271 e. The lowest BCUT2D eigenvalue weighted by molar-refractivity contribution is -0.384. The summed E-state index contributed by atoms with van der Waals surface area (Å²) in [7, 11) is -3.66. The van der Waals surface area contributed by atoms with Gasteiger partial charge in [-0.3, -0.25) is 19.2 Å². The van der Waals surface area contributed by atoms with Gasteiger partial charge in [0.15, 0.2) is 0 Å². The van der Waals surface area contributed by atoms with Gasteiger partial charge in [0.25, 0.3) is 5.69 Å². The highest BCUT2D eigenvalue weighted by Crippen LogP contribution is 2.23. The van der Waals surface area contributed by atoms with Crippen LogP contribution in [-0.4, -0.2) is 38.7 Å². The second kappa shape index (κ2) is 10.6. The van der Waals surface area contributed by atoms with Gasteiger partial charge < -0.3 is 10.1 Å². The zero-order valence-corrected chi connectivity index (χ0v) is 17.7. The standard InChI is InChI=1S/C20H25N3O6S/c1-3-29-19-10-4-7-16(13-19)15-21-20(24)11-6-12-22(30(2,27)28)17-8-5-9-18(14-17)23(25)26/h4-5,7-10,13-14H,3,6,11-12,15H2,1-2H3,(H,21,24). The van der Waals surface area contributed by atoms with Crippen LogP contribution in [0, 0.1) is 10.1 Å². The molecule has 0 aliphatic rings. The number of nitro benzene ring substituents is 1. The lowest BCUT2D eigenvalue weighted by atomic mass is 10.2. The highest BCUT2D eigenvalue weighted by molar-refractivity contribution is 7.92. The maximum absolute atomic E-state index is 12.1. The SMILES string of the molecule is CCOc1cccc(CNC(=O)CCCN(c2cccc([N+](=O)[O-])c2)S(C)(=O)=O)c1. The molecule has 1 amide bonds. The fourth-order valence-electron chi connectivity index (χ4n) is 2.83. The van der Waals surface area contributed by atoms with Gasteiger partial charge in [0, 0.05) is 31.6 Å². The zero-order valence-electron chi connectivity index (χ0n) is 16.9. The molecule has 0 unspecified atom stereocenters. The summed E-state index contributed by atoms with van der Waals surface area (Å²) in [5.41, 5.74) is 0.886. The predicted octanol–water partition coefficient (Wildman–Crippen LogP) is 2.86. The molecule has 0 aliphatic heterocycles. The molecule has 1 N–H and O–H groups in total. The molecule has 0 saturated carbocycles. The van der Waals surface area contributed by atoms with E-state index in [1.807, 2.05) is 31.2 Å². The second-order valence-corrected chi connectivity index (χ2v) is 8.48. The van der Waals surface area contributed by atoms with E-state index in [9.17, 15) is 23.3 Å². The summed E-state index contributed by atoms with van der Waals surface area (Å²) in [5.74, 6) is 0.509. The number of hydrogen-bond donors (Lipinski definition) is 1. The first-order valence-electron chi connectivity index (χ1n) is 9.41. The minimum Gasteiger partial charge on any atom is -0.494 e. The van der Waals surface area contributed by atoms with Crippen molar-refractivity contribution in [2.24, 2.45) is 0 Å². The number of nitrogens with zero attached hydrogens (tertiary/aromatic N) is 2. The van der Waals surface area contributed by atoms with Gasteiger partial charge in [0.05, 0.1) is 23.5 Å². The number of nitro groups is 1. The van der Waals surface area contributed by atoms with E-state index < -0.39 is 14.9 Å². The number of amides is 1. The molecule has 0 aromatic heterocycles. The molecule has 9 nitrogen and oxygen atoms in total. The van der Waals surface area contributed by atoms with Crippen molar-refractivity contribution in [2.45, 2.75) is 26.3 Å². The van der Waals surface area contributed by atoms with Crippen molar-refractivity contribution in [3.05, 3.63) is 64.2 Å². The van der Waals surface area contributed by atoms with Gasteiger partial charge in [-0.25, -0.2) is 8.42 Å². The molecule has 0 spiro atoms. The monoisotopic (exact) mass is 435 g/mol. The number of ether oxygens (including phenoxy) is 1. The largest absolute Gasteiger partial charge is 0.494 e. The third kappa shape index (κ3) is 7.03. The molecule has 2 aromatic rings. The molecule has 10 heteroatoms. The number of benzene rings is 2. The van der Waals surface area contributed by atoms with Crippen LogP contribution >= 0.6 is 0 Å². The van der Waals surface area contributed by atoms with Crippen LogP contribution in [0.1, 0.15) is 25.3 Å². The minimum absolute atomic E-state index is 0.0350. The minimum atomic E-state index is -3.66. The summed E-state index contributed by atoms with van der Waals surface area (Å²) in [6.07, 6.45) is 1.41. The topological polar surface area (TPSA) is 119 Å². The Bertz CT molecular complexity index is 994. The number of sulfonamides is 1. The normalized spacial score (nSPS) is 11.0. The van der Waals surface area contributed by atoms with Gasteiger partial charge >= 0.3 is 0 Å². The Morgan fingerprint density at radius 3 is 2.60 bits per heavy atom. The fourth-order valence-corrected chi connectivity index (χ4v) is 3.79. The number of rotatable bonds is 11. The first-order valence-corrected chi connectivity index (χ1v) is 11.3. The molecule has 2 rings (SSSR count). The molecular formula is C20H25N3O6S. The number of anilines is 1. The van der Waals surface area contributed by atoms with E-state index in [2.05, 4.69) is 5.32 Å². The van der Waals surface area contributed by atoms with E-state index in [4.69, 9.17) is 4.74 Å². The van der Waals surface area contributed by atoms with Crippen LogP contribution in [0.25, 0.3) is 0 Å². The van der Waals surface area contributed by atoms with Crippen molar-refractivity contribution in [3.63, 3.8) is 0 Å². The maximum atomic E-state index is 12.1. The van der Waals surface area contributed by atoms with E-state index in [0.717, 1.165) is 21.9 Å². The number of nitrogens with one attached hydrogen (secondary N) is 1. The van der Waals surface area contributed by atoms with Crippen LogP contribution in [0.4, 0.5) is 11.4 Å². The van der Waals surface area contributed by atoms with Gasteiger partial charge in [0.2, 0.25) is 15.9 Å². The van der Waals surface area contributed by atoms with Gasteiger partial charge in [-0.2, -0.15) is 0 Å². The summed E-state index contributed by atoms with van der Waals surface area (Å²) in [6.45, 7) is 2.81. The Morgan fingerprint density at radius 1 is 1.20 bits per heavy atom. The Morgan fingerprint density at radius 2 is 1.93 bits per heavy atom. The first-order chi connectivity index (χ1) is 14.2. The van der Waals surface area contributed by atoms with Gasteiger partial charge in [-0.05, 0) is 37.1 Å². The van der Waals surface area contributed by atoms with Gasteiger partial charge in [-0.15, -0.1) is 0 Å². The highest BCUT2D eigenvalue weighted by atomic mass is 32.2. The summed E-state index contributed by atoms with van der Waals surface area (Å²) in [6, 6.07) is 12.8. The predicted molar refractivity (Wildman–Crippen MR) is 114 cm³/mol. The van der Waals surface area contributed by atoms with Crippen molar-refractivity contribution in [1.82, 2.24) is 5.32 Å². The molecule has 0 bridgehead atoms. The average Bonchev–Trinajstić information content (AvgIpc) is 2.69. The molecular weight excluding hydrogens is 410 g/mol. The van der Waals surface area contributed by atoms with Crippen molar-refractivity contribution in [3.8, 4) is 5.75 Å². The summed E-state index contributed by atoms with van der Waals surface area (Å²) < 4.78 is 30.7. The quantitative estimate of drug-likeness (QED) is 0.428. The lowest BCUT2D eigenvalue weighted by Crippen LogP contribution is -2.32. The van der Waals surface area contributed by atoms with Gasteiger partial charge in [-0.1, -0.05) is 18.2 Å². The van der Waals surface area contributed by atoms with Crippen LogP contribution in [0.5, 0.6) is 5.75 Å². The lowest BCUT2D eigenvalue weighted by Gasteiger charge is -2.22. The Kier molecular flexibility index (Phi) is 8.16. The van der Waals surface area contributed by atoms with Gasteiger partial charge in [0.1, 0.15) is 5.75 Å². The second-order valence-electron chi connectivity index (χ2n) is 6.57. The van der Waals surface area contributed by atoms with Crippen molar-refractivity contribution in [2.75, 3.05) is 23.7 Å². The molecule has 0 radical (unpaired) electrons. The molecule has 30 heavy (non-hydrogen) atoms. The smallest absolute Gasteiger partial charge is 0.271 e. The molecule has 2 aromatic carbocycles. The van der Waals surface area contributed by atoms with Crippen LogP contribution in [0.2, 0.25) is 0 Å². The molecule has 0 fully saturated rings. The van der Waals surface area contributed by atoms with E-state index in [-0.39, 0.29) is 36.7 Å². The average molecular weight is 436 g/mol. The third-order valence-corrected chi connectivity index (χ3v) is 5.39. The Balaban J connectivity index is 1.92. The molecule has 0 atom stereocenters. The highest BCUT2D eigenvalue weighted by Gasteiger charge is 2.19. The first kappa shape index (κ1) is 23.1. The number of hydrogen-bond acceptors (Lipinski definition) is 6. The molecule has 0 aliphatic carbocycles. The van der Waals surface area contributed by atoms with Crippen molar-refractivity contribution >= 4 is 27.3 Å². The van der Waals surface area contributed by atoms with Crippen LogP contribution in [-0.2, 0) is 21.4 Å². The van der Waals surface area contributed by atoms with Crippen molar-refractivity contribution < 1.29 is 22.9 Å². The molecule has 162 valence electrons. The van der Waals surface area contributed by atoms with Crippen LogP contribution in [0.3, 0.4) is 0 Å². The van der Waals surface area contributed by atoms with E-state index in [1.54, 1.807) is 0 Å².